The second-order valence-electron chi connectivity index (χ2n) is 4.76. The van der Waals surface area contributed by atoms with E-state index in [0.717, 1.165) is 25.7 Å². The Morgan fingerprint density at radius 2 is 1.93 bits per heavy atom. The predicted molar refractivity (Wildman–Crippen MR) is 65.6 cm³/mol. The predicted octanol–water partition coefficient (Wildman–Crippen LogP) is 1.70. The van der Waals surface area contributed by atoms with Crippen molar-refractivity contribution in [2.75, 3.05) is 7.05 Å². The zero-order valence-electron chi connectivity index (χ0n) is 9.75. The van der Waals surface area contributed by atoms with Crippen molar-refractivity contribution in [3.05, 3.63) is 0 Å². The lowest BCUT2D eigenvalue weighted by Crippen LogP contribution is -2.48. The van der Waals surface area contributed by atoms with Gasteiger partial charge >= 0.3 is 0 Å². The van der Waals surface area contributed by atoms with Crippen LogP contribution in [-0.4, -0.2) is 28.9 Å². The van der Waals surface area contributed by atoms with Crippen LogP contribution >= 0.6 is 12.2 Å². The highest BCUT2D eigenvalue weighted by atomic mass is 32.1. The number of nitrogens with two attached hydrogens (primary N) is 1. The molecule has 1 amide bonds. The molecule has 2 N–H and O–H groups in total. The van der Waals surface area contributed by atoms with Gasteiger partial charge in [0.1, 0.15) is 0 Å². The molecule has 0 aliphatic heterocycles. The lowest BCUT2D eigenvalue weighted by molar-refractivity contribution is -0.140. The van der Waals surface area contributed by atoms with Crippen LogP contribution in [0.5, 0.6) is 0 Å². The third kappa shape index (κ3) is 2.48. The van der Waals surface area contributed by atoms with Gasteiger partial charge in [0.2, 0.25) is 5.91 Å². The van der Waals surface area contributed by atoms with Gasteiger partial charge in [-0.1, -0.05) is 32.0 Å². The maximum Gasteiger partial charge on any atom is 0.228 e. The first-order chi connectivity index (χ1) is 6.88. The van der Waals surface area contributed by atoms with Gasteiger partial charge in [-0.25, -0.2) is 0 Å². The summed E-state index contributed by atoms with van der Waals surface area (Å²) in [5, 5.41) is 0. The van der Waals surface area contributed by atoms with Crippen molar-refractivity contribution >= 4 is 23.1 Å². The maximum absolute atomic E-state index is 12.2. The minimum Gasteiger partial charge on any atom is -0.392 e. The van der Waals surface area contributed by atoms with E-state index in [1.165, 1.54) is 0 Å². The number of amides is 1. The molecule has 0 aromatic carbocycles. The Kier molecular flexibility index (Phi) is 3.71. The molecule has 3 nitrogen and oxygen atoms in total. The second kappa shape index (κ2) is 4.47. The minimum atomic E-state index is -0.187. The summed E-state index contributed by atoms with van der Waals surface area (Å²) in [6, 6.07) is -0.148. The van der Waals surface area contributed by atoms with Gasteiger partial charge in [0.15, 0.2) is 0 Å². The van der Waals surface area contributed by atoms with Gasteiger partial charge < -0.3 is 10.6 Å². The molecule has 0 aromatic rings. The van der Waals surface area contributed by atoms with Gasteiger partial charge in [-0.2, -0.15) is 0 Å². The number of thiocarbonyl (C=S) groups is 1. The average Bonchev–Trinajstić information content (AvgIpc) is 2.62. The van der Waals surface area contributed by atoms with Gasteiger partial charge in [0, 0.05) is 12.5 Å². The lowest BCUT2D eigenvalue weighted by Gasteiger charge is -2.32. The molecule has 1 aliphatic carbocycles. The molecule has 1 aliphatic rings. The van der Waals surface area contributed by atoms with Crippen molar-refractivity contribution in [3.8, 4) is 0 Å². The quantitative estimate of drug-likeness (QED) is 0.748. The SMILES string of the molecule is CC(C(N)=S)N(C)C(=O)C1(C)CCCC1. The highest BCUT2D eigenvalue weighted by Gasteiger charge is 2.39. The Bertz CT molecular complexity index is 272. The summed E-state index contributed by atoms with van der Waals surface area (Å²) >= 11 is 4.91. The standard InChI is InChI=1S/C11H20N2OS/c1-8(9(12)15)13(3)10(14)11(2)6-4-5-7-11/h8H,4-7H2,1-3H3,(H2,12,15). The molecular weight excluding hydrogens is 208 g/mol. The fourth-order valence-electron chi connectivity index (χ4n) is 2.16. The fraction of sp³-hybridized carbons (Fsp3) is 0.818. The van der Waals surface area contributed by atoms with Gasteiger partial charge in [-0.05, 0) is 19.8 Å². The van der Waals surface area contributed by atoms with E-state index in [2.05, 4.69) is 0 Å². The molecule has 1 fully saturated rings. The van der Waals surface area contributed by atoms with E-state index in [1.54, 1.807) is 11.9 Å². The Hall–Kier alpha value is -0.640. The van der Waals surface area contributed by atoms with Crippen molar-refractivity contribution in [1.29, 1.82) is 0 Å². The molecule has 0 spiro atoms. The van der Waals surface area contributed by atoms with Crippen LogP contribution in [0.3, 0.4) is 0 Å². The van der Waals surface area contributed by atoms with E-state index in [-0.39, 0.29) is 17.4 Å². The molecular formula is C11H20N2OS. The zero-order valence-corrected chi connectivity index (χ0v) is 10.6. The van der Waals surface area contributed by atoms with E-state index < -0.39 is 0 Å². The molecule has 0 heterocycles. The smallest absolute Gasteiger partial charge is 0.228 e. The number of hydrogen-bond acceptors (Lipinski definition) is 2. The van der Waals surface area contributed by atoms with Crippen LogP contribution in [0, 0.1) is 5.41 Å². The van der Waals surface area contributed by atoms with Crippen LogP contribution in [0.1, 0.15) is 39.5 Å². The number of carbonyl (C=O) groups is 1. The topological polar surface area (TPSA) is 46.3 Å². The number of hydrogen-bond donors (Lipinski definition) is 1. The second-order valence-corrected chi connectivity index (χ2v) is 5.23. The van der Waals surface area contributed by atoms with E-state index in [9.17, 15) is 4.79 Å². The summed E-state index contributed by atoms with van der Waals surface area (Å²) < 4.78 is 0. The zero-order chi connectivity index (χ0) is 11.6. The van der Waals surface area contributed by atoms with Gasteiger partial charge in [-0.15, -0.1) is 0 Å². The number of carbonyl (C=O) groups excluding carboxylic acids is 1. The van der Waals surface area contributed by atoms with Gasteiger partial charge in [0.25, 0.3) is 0 Å². The highest BCUT2D eigenvalue weighted by Crippen LogP contribution is 2.39. The summed E-state index contributed by atoms with van der Waals surface area (Å²) in [5.41, 5.74) is 5.37. The van der Waals surface area contributed by atoms with Gasteiger partial charge in [0.05, 0.1) is 11.0 Å². The molecule has 15 heavy (non-hydrogen) atoms. The molecule has 0 bridgehead atoms. The first-order valence-corrected chi connectivity index (χ1v) is 5.86. The van der Waals surface area contributed by atoms with Crippen LogP contribution in [0.15, 0.2) is 0 Å². The van der Waals surface area contributed by atoms with Crippen LogP contribution in [0.4, 0.5) is 0 Å². The molecule has 0 saturated heterocycles. The first kappa shape index (κ1) is 12.4. The summed E-state index contributed by atoms with van der Waals surface area (Å²) in [6.45, 7) is 3.92. The van der Waals surface area contributed by atoms with Crippen molar-refractivity contribution in [3.63, 3.8) is 0 Å². The summed E-state index contributed by atoms with van der Waals surface area (Å²) in [4.78, 5) is 14.3. The van der Waals surface area contributed by atoms with Gasteiger partial charge in [-0.3, -0.25) is 4.79 Å². The summed E-state index contributed by atoms with van der Waals surface area (Å²) in [6.07, 6.45) is 4.27. The number of nitrogens with zero attached hydrogens (tertiary/aromatic N) is 1. The Balaban J connectivity index is 2.71. The van der Waals surface area contributed by atoms with Crippen LogP contribution < -0.4 is 5.73 Å². The molecule has 1 saturated carbocycles. The van der Waals surface area contributed by atoms with Crippen molar-refractivity contribution in [1.82, 2.24) is 4.90 Å². The van der Waals surface area contributed by atoms with Crippen LogP contribution in [0.2, 0.25) is 0 Å². The molecule has 1 unspecified atom stereocenters. The normalized spacial score (nSPS) is 21.0. The largest absolute Gasteiger partial charge is 0.392 e. The van der Waals surface area contributed by atoms with Crippen molar-refractivity contribution in [2.45, 2.75) is 45.6 Å². The van der Waals surface area contributed by atoms with E-state index in [4.69, 9.17) is 18.0 Å². The number of likely N-dealkylation sites (N-methyl/N-ethyl adjacent to an activating group) is 1. The summed E-state index contributed by atoms with van der Waals surface area (Å²) in [5.74, 6) is 0.181. The van der Waals surface area contributed by atoms with Crippen LogP contribution in [-0.2, 0) is 4.79 Å². The Labute approximate surface area is 97.0 Å². The highest BCUT2D eigenvalue weighted by molar-refractivity contribution is 7.80. The fourth-order valence-corrected chi connectivity index (χ4v) is 2.32. The van der Waals surface area contributed by atoms with Crippen molar-refractivity contribution < 1.29 is 4.79 Å². The average molecular weight is 228 g/mol. The Morgan fingerprint density at radius 3 is 2.33 bits per heavy atom. The van der Waals surface area contributed by atoms with E-state index in [1.807, 2.05) is 13.8 Å². The van der Waals surface area contributed by atoms with E-state index in [0.29, 0.717) is 4.99 Å². The third-order valence-corrected chi connectivity index (χ3v) is 3.88. The number of rotatable bonds is 3. The molecule has 0 aromatic heterocycles. The molecule has 1 atom stereocenters. The van der Waals surface area contributed by atoms with Crippen molar-refractivity contribution in [2.24, 2.45) is 11.1 Å². The maximum atomic E-state index is 12.2. The first-order valence-electron chi connectivity index (χ1n) is 5.45. The molecule has 0 radical (unpaired) electrons. The summed E-state index contributed by atoms with van der Waals surface area (Å²) in [7, 11) is 1.79. The minimum absolute atomic E-state index is 0.148. The molecule has 86 valence electrons. The molecule has 1 rings (SSSR count). The Morgan fingerprint density at radius 1 is 1.47 bits per heavy atom. The van der Waals surface area contributed by atoms with E-state index >= 15 is 0 Å². The van der Waals surface area contributed by atoms with Crippen LogP contribution in [0.25, 0.3) is 0 Å². The third-order valence-electron chi connectivity index (χ3n) is 3.54. The molecule has 4 heteroatoms. The lowest BCUT2D eigenvalue weighted by atomic mass is 9.87. The monoisotopic (exact) mass is 228 g/mol.